The Morgan fingerprint density at radius 2 is 2.23 bits per heavy atom. The van der Waals surface area contributed by atoms with Crippen molar-refractivity contribution in [3.8, 4) is 0 Å². The molecule has 0 amide bonds. The van der Waals surface area contributed by atoms with Crippen molar-refractivity contribution in [3.63, 3.8) is 0 Å². The Balaban J connectivity index is 1.79. The Kier molecular flexibility index (Phi) is 3.81. The maximum Gasteiger partial charge on any atom is 0.192 e. The number of fused-ring (bicyclic) bond motifs is 1. The summed E-state index contributed by atoms with van der Waals surface area (Å²) in [6.07, 6.45) is 6.17. The first-order valence-electron chi connectivity index (χ1n) is 6.69. The molecule has 3 rings (SSSR count). The van der Waals surface area contributed by atoms with Crippen LogP contribution in [0.15, 0.2) is 63.7 Å². The minimum absolute atomic E-state index is 0.0130. The number of aromatic nitrogens is 2. The molecule has 0 atom stereocenters. The molecule has 2 heterocycles. The number of carbonyl (C=O) groups excluding carboxylic acids is 1. The SMILES string of the molecule is O=C(C=C=Cc1ncc[nH]1)Cc1cc(=O)c2ccccc2o1. The van der Waals surface area contributed by atoms with Crippen molar-refractivity contribution in [2.24, 2.45) is 0 Å². The molecule has 22 heavy (non-hydrogen) atoms. The Morgan fingerprint density at radius 1 is 1.36 bits per heavy atom. The third kappa shape index (κ3) is 3.11. The zero-order valence-corrected chi connectivity index (χ0v) is 11.6. The highest BCUT2D eigenvalue weighted by Gasteiger charge is 2.07. The van der Waals surface area contributed by atoms with Gasteiger partial charge in [-0.15, -0.1) is 5.73 Å². The quantitative estimate of drug-likeness (QED) is 0.592. The second-order valence-electron chi connectivity index (χ2n) is 4.65. The summed E-state index contributed by atoms with van der Waals surface area (Å²) in [5.41, 5.74) is 3.07. The number of nitrogens with one attached hydrogen (secondary N) is 1. The Labute approximate surface area is 125 Å². The van der Waals surface area contributed by atoms with Crippen LogP contribution in [0.4, 0.5) is 0 Å². The van der Waals surface area contributed by atoms with E-state index in [1.54, 1.807) is 42.7 Å². The molecule has 3 aromatic rings. The van der Waals surface area contributed by atoms with E-state index in [9.17, 15) is 9.59 Å². The number of carbonyl (C=O) groups is 1. The van der Waals surface area contributed by atoms with Gasteiger partial charge in [0.1, 0.15) is 17.2 Å². The van der Waals surface area contributed by atoms with Gasteiger partial charge in [-0.2, -0.15) is 0 Å². The highest BCUT2D eigenvalue weighted by atomic mass is 16.3. The number of H-pyrrole nitrogens is 1. The number of para-hydroxylation sites is 1. The zero-order valence-electron chi connectivity index (χ0n) is 11.6. The van der Waals surface area contributed by atoms with Crippen LogP contribution in [0, 0.1) is 0 Å². The molecule has 0 fully saturated rings. The van der Waals surface area contributed by atoms with Crippen LogP contribution in [-0.4, -0.2) is 15.8 Å². The summed E-state index contributed by atoms with van der Waals surface area (Å²) in [5, 5.41) is 0.506. The van der Waals surface area contributed by atoms with Crippen molar-refractivity contribution in [1.82, 2.24) is 9.97 Å². The van der Waals surface area contributed by atoms with Gasteiger partial charge < -0.3 is 9.40 Å². The van der Waals surface area contributed by atoms with E-state index in [1.807, 2.05) is 0 Å². The lowest BCUT2D eigenvalue weighted by Gasteiger charge is -2.00. The van der Waals surface area contributed by atoms with Gasteiger partial charge in [0, 0.05) is 30.6 Å². The molecule has 0 aliphatic rings. The van der Waals surface area contributed by atoms with E-state index in [2.05, 4.69) is 15.7 Å². The van der Waals surface area contributed by atoms with Gasteiger partial charge in [-0.25, -0.2) is 4.98 Å². The molecule has 5 heteroatoms. The second kappa shape index (κ2) is 6.08. The number of aromatic amines is 1. The van der Waals surface area contributed by atoms with Gasteiger partial charge in [0.2, 0.25) is 0 Å². The predicted octanol–water partition coefficient (Wildman–Crippen LogP) is 2.50. The van der Waals surface area contributed by atoms with Gasteiger partial charge >= 0.3 is 0 Å². The molecule has 0 aliphatic heterocycles. The molecular weight excluding hydrogens is 280 g/mol. The number of benzene rings is 1. The highest BCUT2D eigenvalue weighted by molar-refractivity contribution is 5.91. The Bertz CT molecular complexity index is 930. The Morgan fingerprint density at radius 3 is 3.05 bits per heavy atom. The monoisotopic (exact) mass is 292 g/mol. The van der Waals surface area contributed by atoms with Crippen molar-refractivity contribution in [2.75, 3.05) is 0 Å². The zero-order chi connectivity index (χ0) is 15.4. The maximum atomic E-state index is 11.9. The molecule has 0 aliphatic carbocycles. The van der Waals surface area contributed by atoms with Gasteiger partial charge in [-0.1, -0.05) is 12.1 Å². The summed E-state index contributed by atoms with van der Waals surface area (Å²) >= 11 is 0. The molecule has 108 valence electrons. The van der Waals surface area contributed by atoms with Gasteiger partial charge in [0.05, 0.1) is 11.8 Å². The molecular formula is C17H12N2O3. The third-order valence-electron chi connectivity index (χ3n) is 3.02. The van der Waals surface area contributed by atoms with E-state index in [0.717, 1.165) is 0 Å². The molecule has 1 N–H and O–H groups in total. The second-order valence-corrected chi connectivity index (χ2v) is 4.65. The van der Waals surface area contributed by atoms with Crippen molar-refractivity contribution in [1.29, 1.82) is 0 Å². The molecule has 5 nitrogen and oxygen atoms in total. The van der Waals surface area contributed by atoms with Crippen LogP contribution in [0.1, 0.15) is 11.6 Å². The molecule has 1 aromatic carbocycles. The summed E-state index contributed by atoms with van der Waals surface area (Å²) in [4.78, 5) is 30.6. The van der Waals surface area contributed by atoms with Gasteiger partial charge in [-0.3, -0.25) is 9.59 Å². The summed E-state index contributed by atoms with van der Waals surface area (Å²) in [5.74, 6) is 0.743. The van der Waals surface area contributed by atoms with E-state index < -0.39 is 0 Å². The van der Waals surface area contributed by atoms with Crippen LogP contribution in [0.3, 0.4) is 0 Å². The predicted molar refractivity (Wildman–Crippen MR) is 82.3 cm³/mol. The molecule has 0 saturated carbocycles. The first-order chi connectivity index (χ1) is 10.7. The van der Waals surface area contributed by atoms with Gasteiger partial charge in [0.15, 0.2) is 11.2 Å². The first-order valence-corrected chi connectivity index (χ1v) is 6.69. The van der Waals surface area contributed by atoms with Crippen LogP contribution in [-0.2, 0) is 11.2 Å². The Hall–Kier alpha value is -3.17. The molecule has 0 bridgehead atoms. The van der Waals surface area contributed by atoms with E-state index in [4.69, 9.17) is 4.42 Å². The third-order valence-corrected chi connectivity index (χ3v) is 3.02. The number of hydrogen-bond acceptors (Lipinski definition) is 4. The standard InChI is InChI=1S/C17H12N2O3/c20-12(4-3-7-17-18-8-9-19-17)10-13-11-15(21)14-5-1-2-6-16(14)22-13/h1-2,4-9,11H,10H2,(H,18,19). The highest BCUT2D eigenvalue weighted by Crippen LogP contribution is 2.12. The van der Waals surface area contributed by atoms with Crippen LogP contribution < -0.4 is 5.43 Å². The minimum atomic E-state index is -0.207. The summed E-state index contributed by atoms with van der Waals surface area (Å²) in [6.45, 7) is 0. The molecule has 2 aromatic heterocycles. The summed E-state index contributed by atoms with van der Waals surface area (Å²) in [7, 11) is 0. The maximum absolute atomic E-state index is 11.9. The van der Waals surface area contributed by atoms with Crippen LogP contribution in [0.25, 0.3) is 17.0 Å². The average Bonchev–Trinajstić information content (AvgIpc) is 3.00. The number of ketones is 1. The smallest absolute Gasteiger partial charge is 0.192 e. The van der Waals surface area contributed by atoms with Crippen LogP contribution in [0.2, 0.25) is 0 Å². The molecule has 0 radical (unpaired) electrons. The normalized spacial score (nSPS) is 10.2. The van der Waals surface area contributed by atoms with Gasteiger partial charge in [0.25, 0.3) is 0 Å². The fourth-order valence-electron chi connectivity index (χ4n) is 2.03. The number of imidazole rings is 1. The fraction of sp³-hybridized carbons (Fsp3) is 0.0588. The summed E-state index contributed by atoms with van der Waals surface area (Å²) < 4.78 is 5.57. The number of nitrogens with zero attached hydrogens (tertiary/aromatic N) is 1. The molecule has 0 spiro atoms. The van der Waals surface area contributed by atoms with E-state index >= 15 is 0 Å². The number of allylic oxidation sites excluding steroid dienone is 1. The van der Waals surface area contributed by atoms with Crippen LogP contribution in [0.5, 0.6) is 0 Å². The van der Waals surface area contributed by atoms with E-state index in [1.165, 1.54) is 12.1 Å². The largest absolute Gasteiger partial charge is 0.460 e. The molecule has 0 saturated heterocycles. The minimum Gasteiger partial charge on any atom is -0.460 e. The van der Waals surface area contributed by atoms with Crippen molar-refractivity contribution in [3.05, 3.63) is 76.3 Å². The van der Waals surface area contributed by atoms with Crippen molar-refractivity contribution in [2.45, 2.75) is 6.42 Å². The van der Waals surface area contributed by atoms with Gasteiger partial charge in [-0.05, 0) is 12.1 Å². The van der Waals surface area contributed by atoms with Crippen molar-refractivity contribution >= 4 is 22.8 Å². The topological polar surface area (TPSA) is 76.0 Å². The lowest BCUT2D eigenvalue weighted by atomic mass is 10.1. The average molecular weight is 292 g/mol. The van der Waals surface area contributed by atoms with E-state index in [0.29, 0.717) is 22.6 Å². The summed E-state index contributed by atoms with van der Waals surface area (Å²) in [6, 6.07) is 8.30. The number of hydrogen-bond donors (Lipinski definition) is 1. The first kappa shape index (κ1) is 13.8. The lowest BCUT2D eigenvalue weighted by Crippen LogP contribution is -2.05. The fourth-order valence-corrected chi connectivity index (χ4v) is 2.03. The number of rotatable bonds is 4. The lowest BCUT2D eigenvalue weighted by molar-refractivity contribution is -0.114. The van der Waals surface area contributed by atoms with E-state index in [-0.39, 0.29) is 17.6 Å². The van der Waals surface area contributed by atoms with Crippen LogP contribution >= 0.6 is 0 Å². The van der Waals surface area contributed by atoms with Crippen molar-refractivity contribution < 1.29 is 9.21 Å². The molecule has 0 unspecified atom stereocenters.